The van der Waals surface area contributed by atoms with E-state index >= 15 is 0 Å². The first kappa shape index (κ1) is 11.9. The molecule has 0 amide bonds. The van der Waals surface area contributed by atoms with Gasteiger partial charge in [0.15, 0.2) is 0 Å². The van der Waals surface area contributed by atoms with Gasteiger partial charge in [0.1, 0.15) is 5.82 Å². The van der Waals surface area contributed by atoms with Gasteiger partial charge in [-0.15, -0.1) is 5.10 Å². The quantitative estimate of drug-likeness (QED) is 0.629. The Hall–Kier alpha value is -1.91. The first-order valence-corrected chi connectivity index (χ1v) is 7.05. The number of benzene rings is 1. The van der Waals surface area contributed by atoms with Crippen molar-refractivity contribution in [2.45, 2.75) is 31.1 Å². The molecule has 1 aliphatic heterocycles. The summed E-state index contributed by atoms with van der Waals surface area (Å²) in [7, 11) is 6.14. The number of nitrogens with zero attached hydrogens (tertiary/aromatic N) is 3. The monoisotopic (exact) mass is 263 g/mol. The number of Topliss-reactive ketones (excluding diaryl/α,β-unsaturated/α-hetero) is 1. The van der Waals surface area contributed by atoms with Gasteiger partial charge in [0.2, 0.25) is 11.6 Å². The summed E-state index contributed by atoms with van der Waals surface area (Å²) in [5.41, 5.74) is 1.16. The van der Waals surface area contributed by atoms with E-state index in [-0.39, 0.29) is 23.6 Å². The van der Waals surface area contributed by atoms with E-state index in [4.69, 9.17) is 7.85 Å². The zero-order chi connectivity index (χ0) is 13.7. The van der Waals surface area contributed by atoms with Crippen LogP contribution in [0.1, 0.15) is 53.1 Å². The molecule has 1 aromatic carbocycles. The molecule has 20 heavy (non-hydrogen) atoms. The summed E-state index contributed by atoms with van der Waals surface area (Å²) in [6.07, 6.45) is 2.73. The van der Waals surface area contributed by atoms with Crippen LogP contribution in [0.5, 0.6) is 0 Å². The highest BCUT2D eigenvalue weighted by Gasteiger charge is 2.37. The molecule has 1 saturated carbocycles. The SMILES string of the molecule is [B][C@H]1C[C@@H](c2ccccc2)n2nc(C(=O)C3CC3)nc21. The van der Waals surface area contributed by atoms with Crippen LogP contribution in [0, 0.1) is 5.92 Å². The minimum atomic E-state index is -0.145. The molecule has 1 aromatic heterocycles. The summed E-state index contributed by atoms with van der Waals surface area (Å²) in [5.74, 6) is 1.16. The van der Waals surface area contributed by atoms with Crippen LogP contribution in [-0.4, -0.2) is 28.4 Å². The highest BCUT2D eigenvalue weighted by molar-refractivity contribution is 6.12. The fraction of sp³-hybridized carbons (Fsp3) is 0.400. The first-order valence-electron chi connectivity index (χ1n) is 7.05. The van der Waals surface area contributed by atoms with Gasteiger partial charge in [0.05, 0.1) is 13.9 Å². The van der Waals surface area contributed by atoms with E-state index in [9.17, 15) is 4.79 Å². The maximum atomic E-state index is 12.1. The lowest BCUT2D eigenvalue weighted by atomic mass is 9.83. The predicted octanol–water partition coefficient (Wildman–Crippen LogP) is 2.07. The molecule has 5 heteroatoms. The van der Waals surface area contributed by atoms with Gasteiger partial charge in [0.25, 0.3) is 0 Å². The van der Waals surface area contributed by atoms with E-state index in [1.165, 1.54) is 0 Å². The molecule has 2 radical (unpaired) electrons. The fourth-order valence-corrected chi connectivity index (χ4v) is 2.85. The second kappa shape index (κ2) is 4.30. The summed E-state index contributed by atoms with van der Waals surface area (Å²) in [5, 5.41) is 4.44. The third-order valence-corrected chi connectivity index (χ3v) is 4.11. The van der Waals surface area contributed by atoms with Crippen molar-refractivity contribution < 1.29 is 4.79 Å². The van der Waals surface area contributed by atoms with Crippen LogP contribution in [0.2, 0.25) is 0 Å². The molecule has 2 heterocycles. The van der Waals surface area contributed by atoms with Gasteiger partial charge in [-0.2, -0.15) is 0 Å². The van der Waals surface area contributed by atoms with E-state index in [1.54, 1.807) is 0 Å². The van der Waals surface area contributed by atoms with Crippen LogP contribution in [-0.2, 0) is 0 Å². The molecule has 2 aromatic rings. The standard InChI is InChI=1S/C15H14BN3O/c16-11-8-12(9-4-2-1-3-5-9)19-15(11)17-14(18-19)13(20)10-6-7-10/h1-5,10-12H,6-8H2/t11-,12-/m0/s1. The van der Waals surface area contributed by atoms with Crippen LogP contribution in [0.15, 0.2) is 30.3 Å². The molecule has 1 fully saturated rings. The van der Waals surface area contributed by atoms with Crippen molar-refractivity contribution in [3.8, 4) is 0 Å². The molecular weight excluding hydrogens is 249 g/mol. The molecule has 0 spiro atoms. The summed E-state index contributed by atoms with van der Waals surface area (Å²) >= 11 is 0. The summed E-state index contributed by atoms with van der Waals surface area (Å²) < 4.78 is 1.84. The van der Waals surface area contributed by atoms with E-state index in [0.29, 0.717) is 5.82 Å². The summed E-state index contributed by atoms with van der Waals surface area (Å²) in [6, 6.07) is 10.2. The third kappa shape index (κ3) is 1.80. The van der Waals surface area contributed by atoms with Crippen LogP contribution in [0.25, 0.3) is 0 Å². The summed E-state index contributed by atoms with van der Waals surface area (Å²) in [4.78, 5) is 16.5. The average molecular weight is 263 g/mol. The number of hydrogen-bond acceptors (Lipinski definition) is 3. The molecule has 1 aliphatic carbocycles. The van der Waals surface area contributed by atoms with Crippen LogP contribution < -0.4 is 0 Å². The van der Waals surface area contributed by atoms with E-state index in [1.807, 2.05) is 22.9 Å². The maximum Gasteiger partial charge on any atom is 0.217 e. The number of carbonyl (C=O) groups excluding carboxylic acids is 1. The Balaban J connectivity index is 1.72. The van der Waals surface area contributed by atoms with Crippen molar-refractivity contribution in [1.29, 1.82) is 0 Å². The molecule has 0 N–H and O–H groups in total. The molecule has 98 valence electrons. The normalized spacial score (nSPS) is 24.6. The molecule has 0 unspecified atom stereocenters. The van der Waals surface area contributed by atoms with Crippen molar-refractivity contribution in [1.82, 2.24) is 14.8 Å². The van der Waals surface area contributed by atoms with Crippen molar-refractivity contribution >= 4 is 13.6 Å². The Kier molecular flexibility index (Phi) is 2.55. The highest BCUT2D eigenvalue weighted by atomic mass is 16.1. The minimum Gasteiger partial charge on any atom is -0.290 e. The molecule has 0 saturated heterocycles. The second-order valence-electron chi connectivity index (χ2n) is 5.65. The number of aromatic nitrogens is 3. The van der Waals surface area contributed by atoms with Gasteiger partial charge in [-0.3, -0.25) is 4.79 Å². The molecule has 4 nitrogen and oxygen atoms in total. The molecule has 0 bridgehead atoms. The largest absolute Gasteiger partial charge is 0.290 e. The second-order valence-corrected chi connectivity index (χ2v) is 5.65. The van der Waals surface area contributed by atoms with Crippen LogP contribution in [0.3, 0.4) is 0 Å². The van der Waals surface area contributed by atoms with Crippen LogP contribution in [0.4, 0.5) is 0 Å². The fourth-order valence-electron chi connectivity index (χ4n) is 2.85. The van der Waals surface area contributed by atoms with Crippen molar-refractivity contribution in [2.24, 2.45) is 5.92 Å². The summed E-state index contributed by atoms with van der Waals surface area (Å²) in [6.45, 7) is 0. The highest BCUT2D eigenvalue weighted by Crippen LogP contribution is 2.38. The molecule has 2 atom stereocenters. The van der Waals surface area contributed by atoms with Crippen molar-refractivity contribution in [3.05, 3.63) is 47.5 Å². The Morgan fingerprint density at radius 2 is 2.00 bits per heavy atom. The number of hydrogen-bond donors (Lipinski definition) is 0. The molecule has 4 rings (SSSR count). The lowest BCUT2D eigenvalue weighted by Crippen LogP contribution is -2.10. The van der Waals surface area contributed by atoms with Crippen molar-refractivity contribution in [2.75, 3.05) is 0 Å². The van der Waals surface area contributed by atoms with Gasteiger partial charge in [-0.1, -0.05) is 30.3 Å². The third-order valence-electron chi connectivity index (χ3n) is 4.11. The maximum absolute atomic E-state index is 12.1. The van der Waals surface area contributed by atoms with Crippen molar-refractivity contribution in [3.63, 3.8) is 0 Å². The number of fused-ring (bicyclic) bond motifs is 1. The minimum absolute atomic E-state index is 0.0749. The van der Waals surface area contributed by atoms with Gasteiger partial charge in [-0.05, 0) is 30.6 Å². The Bertz CT molecular complexity index is 663. The van der Waals surface area contributed by atoms with Gasteiger partial charge in [-0.25, -0.2) is 9.67 Å². The number of rotatable bonds is 3. The van der Waals surface area contributed by atoms with Crippen LogP contribution >= 0.6 is 0 Å². The first-order chi connectivity index (χ1) is 9.74. The zero-order valence-corrected chi connectivity index (χ0v) is 11.1. The Labute approximate surface area is 118 Å². The van der Waals surface area contributed by atoms with E-state index in [2.05, 4.69) is 22.2 Å². The molecule has 2 aliphatic rings. The number of ketones is 1. The van der Waals surface area contributed by atoms with Gasteiger partial charge in [0, 0.05) is 5.92 Å². The predicted molar refractivity (Wildman–Crippen MR) is 74.8 cm³/mol. The smallest absolute Gasteiger partial charge is 0.217 e. The van der Waals surface area contributed by atoms with Gasteiger partial charge >= 0.3 is 0 Å². The Morgan fingerprint density at radius 3 is 2.70 bits per heavy atom. The average Bonchev–Trinajstić information content (AvgIpc) is 3.15. The zero-order valence-electron chi connectivity index (χ0n) is 11.1. The topological polar surface area (TPSA) is 47.8 Å². The van der Waals surface area contributed by atoms with E-state index < -0.39 is 0 Å². The van der Waals surface area contributed by atoms with Gasteiger partial charge < -0.3 is 0 Å². The Morgan fingerprint density at radius 1 is 1.25 bits per heavy atom. The molecular formula is C15H14BN3O. The lowest BCUT2D eigenvalue weighted by molar-refractivity contribution is 0.0957. The van der Waals surface area contributed by atoms with E-state index in [0.717, 1.165) is 30.7 Å². The number of carbonyl (C=O) groups is 1. The lowest BCUT2D eigenvalue weighted by Gasteiger charge is -2.11.